The highest BCUT2D eigenvalue weighted by atomic mass is 16.3. The SMILES string of the molecule is Cc1nc(C2CCN(C(=O)NCCCN3CCCC(CO)C3)CC2)n[nH]1. The lowest BCUT2D eigenvalue weighted by molar-refractivity contribution is 0.119. The summed E-state index contributed by atoms with van der Waals surface area (Å²) in [7, 11) is 0. The van der Waals surface area contributed by atoms with Gasteiger partial charge in [-0.15, -0.1) is 0 Å². The summed E-state index contributed by atoms with van der Waals surface area (Å²) in [5, 5.41) is 19.5. The quantitative estimate of drug-likeness (QED) is 0.657. The highest BCUT2D eigenvalue weighted by Gasteiger charge is 2.26. The molecule has 146 valence electrons. The molecule has 1 atom stereocenters. The maximum Gasteiger partial charge on any atom is 0.317 e. The minimum absolute atomic E-state index is 0.0431. The smallest absolute Gasteiger partial charge is 0.317 e. The van der Waals surface area contributed by atoms with Crippen LogP contribution >= 0.6 is 0 Å². The molecule has 3 rings (SSSR count). The molecular weight excluding hydrogens is 332 g/mol. The lowest BCUT2D eigenvalue weighted by Gasteiger charge is -2.32. The van der Waals surface area contributed by atoms with Crippen molar-refractivity contribution in [1.29, 1.82) is 0 Å². The molecule has 1 aromatic heterocycles. The minimum atomic E-state index is 0.0431. The van der Waals surface area contributed by atoms with Gasteiger partial charge < -0.3 is 20.2 Å². The molecule has 0 aromatic carbocycles. The van der Waals surface area contributed by atoms with Gasteiger partial charge in [0.05, 0.1) is 0 Å². The monoisotopic (exact) mass is 364 g/mol. The van der Waals surface area contributed by atoms with Gasteiger partial charge in [-0.05, 0) is 58.0 Å². The van der Waals surface area contributed by atoms with Crippen LogP contribution in [0.25, 0.3) is 0 Å². The zero-order chi connectivity index (χ0) is 18.4. The maximum atomic E-state index is 12.3. The molecule has 8 nitrogen and oxygen atoms in total. The van der Waals surface area contributed by atoms with Crippen LogP contribution in [0.2, 0.25) is 0 Å². The predicted octanol–water partition coefficient (Wildman–Crippen LogP) is 1.10. The number of rotatable bonds is 6. The predicted molar refractivity (Wildman–Crippen MR) is 98.9 cm³/mol. The van der Waals surface area contributed by atoms with Gasteiger partial charge in [0.1, 0.15) is 5.82 Å². The molecule has 2 aliphatic rings. The first-order valence-electron chi connectivity index (χ1n) is 9.90. The van der Waals surface area contributed by atoms with Crippen LogP contribution in [0, 0.1) is 12.8 Å². The Kier molecular flexibility index (Phi) is 6.85. The minimum Gasteiger partial charge on any atom is -0.396 e. The number of carbonyl (C=O) groups is 1. The van der Waals surface area contributed by atoms with Gasteiger partial charge in [-0.3, -0.25) is 5.10 Å². The Morgan fingerprint density at radius 2 is 2.12 bits per heavy atom. The summed E-state index contributed by atoms with van der Waals surface area (Å²) >= 11 is 0. The molecule has 26 heavy (non-hydrogen) atoms. The molecule has 2 amide bonds. The molecule has 0 aliphatic carbocycles. The number of amides is 2. The van der Waals surface area contributed by atoms with E-state index < -0.39 is 0 Å². The number of urea groups is 1. The maximum absolute atomic E-state index is 12.3. The number of carbonyl (C=O) groups excluding carboxylic acids is 1. The van der Waals surface area contributed by atoms with Crippen molar-refractivity contribution in [2.75, 3.05) is 45.9 Å². The lowest BCUT2D eigenvalue weighted by Crippen LogP contribution is -2.45. The topological polar surface area (TPSA) is 97.4 Å². The van der Waals surface area contributed by atoms with E-state index in [1.165, 1.54) is 0 Å². The Balaban J connectivity index is 1.31. The van der Waals surface area contributed by atoms with E-state index in [1.807, 2.05) is 11.8 Å². The van der Waals surface area contributed by atoms with E-state index in [0.717, 1.165) is 76.5 Å². The number of H-pyrrole nitrogens is 1. The van der Waals surface area contributed by atoms with Crippen molar-refractivity contribution in [2.24, 2.45) is 5.92 Å². The third kappa shape index (κ3) is 5.17. The van der Waals surface area contributed by atoms with E-state index in [2.05, 4.69) is 25.4 Å². The average Bonchev–Trinajstić information content (AvgIpc) is 3.12. The van der Waals surface area contributed by atoms with Crippen molar-refractivity contribution < 1.29 is 9.90 Å². The summed E-state index contributed by atoms with van der Waals surface area (Å²) < 4.78 is 0. The van der Waals surface area contributed by atoms with Crippen molar-refractivity contribution in [3.8, 4) is 0 Å². The van der Waals surface area contributed by atoms with Gasteiger partial charge in [0.15, 0.2) is 5.82 Å². The van der Waals surface area contributed by atoms with Gasteiger partial charge in [0.25, 0.3) is 0 Å². The third-order valence-electron chi connectivity index (χ3n) is 5.55. The van der Waals surface area contributed by atoms with E-state index in [4.69, 9.17) is 0 Å². The number of aryl methyl sites for hydroxylation is 1. The molecule has 3 N–H and O–H groups in total. The van der Waals surface area contributed by atoms with Gasteiger partial charge in [-0.25, -0.2) is 9.78 Å². The third-order valence-corrected chi connectivity index (χ3v) is 5.55. The average molecular weight is 364 g/mol. The second-order valence-corrected chi connectivity index (χ2v) is 7.62. The van der Waals surface area contributed by atoms with Crippen LogP contribution in [0.5, 0.6) is 0 Å². The fourth-order valence-electron chi connectivity index (χ4n) is 4.00. The Hall–Kier alpha value is -1.67. The number of nitrogens with one attached hydrogen (secondary N) is 2. The first-order valence-corrected chi connectivity index (χ1v) is 9.90. The summed E-state index contributed by atoms with van der Waals surface area (Å²) in [4.78, 5) is 21.0. The van der Waals surface area contributed by atoms with Gasteiger partial charge in [-0.1, -0.05) is 0 Å². The number of aromatic amines is 1. The Labute approximate surface area is 155 Å². The van der Waals surface area contributed by atoms with Gasteiger partial charge >= 0.3 is 6.03 Å². The molecule has 0 spiro atoms. The second kappa shape index (κ2) is 9.32. The van der Waals surface area contributed by atoms with E-state index in [-0.39, 0.29) is 12.6 Å². The van der Waals surface area contributed by atoms with Gasteiger partial charge in [0.2, 0.25) is 0 Å². The normalized spacial score (nSPS) is 22.5. The number of likely N-dealkylation sites (tertiary alicyclic amines) is 2. The summed E-state index contributed by atoms with van der Waals surface area (Å²) in [5.41, 5.74) is 0. The number of aromatic nitrogens is 3. The Bertz CT molecular complexity index is 570. The van der Waals surface area contributed by atoms with Gasteiger partial charge in [-0.2, -0.15) is 5.10 Å². The van der Waals surface area contributed by atoms with E-state index in [0.29, 0.717) is 18.4 Å². The van der Waals surface area contributed by atoms with Crippen LogP contribution in [-0.4, -0.2) is 82.0 Å². The summed E-state index contributed by atoms with van der Waals surface area (Å²) in [6.07, 6.45) is 5.09. The Morgan fingerprint density at radius 1 is 1.31 bits per heavy atom. The molecule has 0 saturated carbocycles. The number of aliphatic hydroxyl groups is 1. The number of nitrogens with zero attached hydrogens (tertiary/aromatic N) is 4. The molecule has 8 heteroatoms. The van der Waals surface area contributed by atoms with E-state index in [9.17, 15) is 9.90 Å². The Morgan fingerprint density at radius 3 is 2.81 bits per heavy atom. The fraction of sp³-hybridized carbons (Fsp3) is 0.833. The van der Waals surface area contributed by atoms with Crippen LogP contribution in [0.15, 0.2) is 0 Å². The number of hydrogen-bond acceptors (Lipinski definition) is 5. The number of aliphatic hydroxyl groups excluding tert-OH is 1. The molecule has 1 unspecified atom stereocenters. The molecule has 2 aliphatic heterocycles. The van der Waals surface area contributed by atoms with Crippen molar-refractivity contribution in [2.45, 2.75) is 44.9 Å². The second-order valence-electron chi connectivity index (χ2n) is 7.62. The first kappa shape index (κ1) is 19.1. The molecule has 2 fully saturated rings. The van der Waals surface area contributed by atoms with E-state index >= 15 is 0 Å². The van der Waals surface area contributed by atoms with Crippen LogP contribution in [0.3, 0.4) is 0 Å². The largest absolute Gasteiger partial charge is 0.396 e. The van der Waals surface area contributed by atoms with Crippen LogP contribution in [-0.2, 0) is 0 Å². The van der Waals surface area contributed by atoms with Crippen LogP contribution in [0.4, 0.5) is 4.79 Å². The fourth-order valence-corrected chi connectivity index (χ4v) is 4.00. The van der Waals surface area contributed by atoms with Crippen LogP contribution in [0.1, 0.15) is 49.7 Å². The number of hydrogen-bond donors (Lipinski definition) is 3. The summed E-state index contributed by atoms with van der Waals surface area (Å²) in [6, 6.07) is 0.0431. The van der Waals surface area contributed by atoms with Gasteiger partial charge in [0, 0.05) is 38.7 Å². The van der Waals surface area contributed by atoms with Crippen molar-refractivity contribution in [3.63, 3.8) is 0 Å². The molecular formula is C18H32N6O2. The molecule has 3 heterocycles. The lowest BCUT2D eigenvalue weighted by atomic mass is 9.96. The molecule has 1 aromatic rings. The highest BCUT2D eigenvalue weighted by molar-refractivity contribution is 5.74. The molecule has 0 bridgehead atoms. The first-order chi connectivity index (χ1) is 12.7. The van der Waals surface area contributed by atoms with E-state index in [1.54, 1.807) is 0 Å². The van der Waals surface area contributed by atoms with Crippen LogP contribution < -0.4 is 5.32 Å². The number of piperidine rings is 2. The van der Waals surface area contributed by atoms with Crippen molar-refractivity contribution >= 4 is 6.03 Å². The zero-order valence-corrected chi connectivity index (χ0v) is 15.8. The van der Waals surface area contributed by atoms with Crippen molar-refractivity contribution in [3.05, 3.63) is 11.6 Å². The highest BCUT2D eigenvalue weighted by Crippen LogP contribution is 2.25. The molecule has 0 radical (unpaired) electrons. The van der Waals surface area contributed by atoms with Crippen molar-refractivity contribution in [1.82, 2.24) is 30.3 Å². The standard InChI is InChI=1S/C18H32N6O2/c1-14-20-17(22-21-14)16-5-10-24(11-6-16)18(26)19-7-3-9-23-8-2-4-15(12-23)13-25/h15-16,25H,2-13H2,1H3,(H,19,26)(H,20,21,22). The zero-order valence-electron chi connectivity index (χ0n) is 15.8. The summed E-state index contributed by atoms with van der Waals surface area (Å²) in [5.74, 6) is 2.50. The summed E-state index contributed by atoms with van der Waals surface area (Å²) in [6.45, 7) is 7.51. The molecule has 2 saturated heterocycles.